The van der Waals surface area contributed by atoms with Crippen molar-refractivity contribution in [3.63, 3.8) is 0 Å². The van der Waals surface area contributed by atoms with Crippen LogP contribution in [-0.4, -0.2) is 68.1 Å². The minimum absolute atomic E-state index is 0.248. The first kappa shape index (κ1) is 30.5. The van der Waals surface area contributed by atoms with Crippen LogP contribution in [0.5, 0.6) is 0 Å². The Hall–Kier alpha value is -2.44. The van der Waals surface area contributed by atoms with Gasteiger partial charge in [-0.05, 0) is 89.1 Å². The Morgan fingerprint density at radius 1 is 1.18 bits per heavy atom. The molecule has 0 bridgehead atoms. The molecule has 5 rings (SSSR count). The first-order valence-corrected chi connectivity index (χ1v) is 15.2. The second-order valence-electron chi connectivity index (χ2n) is 11.4. The van der Waals surface area contributed by atoms with Crippen molar-refractivity contribution >= 4 is 40.2 Å². The van der Waals surface area contributed by atoms with Crippen LogP contribution >= 0.6 is 23.2 Å². The van der Waals surface area contributed by atoms with Crippen LogP contribution in [0.2, 0.25) is 10.0 Å². The monoisotopic (exact) mass is 585 g/mol. The van der Waals surface area contributed by atoms with Gasteiger partial charge in [-0.1, -0.05) is 43.1 Å². The Kier molecular flexibility index (Phi) is 9.94. The van der Waals surface area contributed by atoms with Gasteiger partial charge in [0.1, 0.15) is 17.4 Å². The van der Waals surface area contributed by atoms with Crippen LogP contribution in [0.3, 0.4) is 0 Å². The molecule has 2 unspecified atom stereocenters. The fourth-order valence-corrected chi connectivity index (χ4v) is 6.35. The summed E-state index contributed by atoms with van der Waals surface area (Å²) < 4.78 is 1.74. The number of anilines is 1. The van der Waals surface area contributed by atoms with E-state index in [0.717, 1.165) is 56.9 Å². The highest BCUT2D eigenvalue weighted by Gasteiger charge is 2.37. The molecule has 4 heterocycles. The molecule has 0 amide bonds. The summed E-state index contributed by atoms with van der Waals surface area (Å²) in [5.41, 5.74) is 1.60. The van der Waals surface area contributed by atoms with Crippen LogP contribution < -0.4 is 4.90 Å². The first-order valence-electron chi connectivity index (χ1n) is 14.4. The van der Waals surface area contributed by atoms with E-state index in [-0.39, 0.29) is 11.7 Å². The lowest BCUT2D eigenvalue weighted by molar-refractivity contribution is 0.0594. The Morgan fingerprint density at radius 3 is 2.60 bits per heavy atom. The van der Waals surface area contributed by atoms with Gasteiger partial charge in [0.05, 0.1) is 17.8 Å². The van der Waals surface area contributed by atoms with Crippen LogP contribution in [0.4, 0.5) is 5.82 Å². The molecule has 0 saturated carbocycles. The maximum Gasteiger partial charge on any atom is 0.190 e. The molecule has 3 aromatic rings. The maximum atomic E-state index is 10.0. The van der Waals surface area contributed by atoms with Crippen molar-refractivity contribution in [2.45, 2.75) is 71.9 Å². The third-order valence-corrected chi connectivity index (χ3v) is 8.54. The van der Waals surface area contributed by atoms with Crippen molar-refractivity contribution in [2.75, 3.05) is 37.6 Å². The van der Waals surface area contributed by atoms with Gasteiger partial charge in [0.15, 0.2) is 11.3 Å². The van der Waals surface area contributed by atoms with E-state index in [4.69, 9.17) is 28.2 Å². The molecular formula is C30H41Cl2N7O. The summed E-state index contributed by atoms with van der Waals surface area (Å²) in [7, 11) is 0. The van der Waals surface area contributed by atoms with Gasteiger partial charge in [-0.3, -0.25) is 0 Å². The summed E-state index contributed by atoms with van der Waals surface area (Å²) in [4.78, 5) is 14.4. The van der Waals surface area contributed by atoms with E-state index in [1.54, 1.807) is 23.0 Å². The molecule has 2 saturated heterocycles. The van der Waals surface area contributed by atoms with Crippen molar-refractivity contribution in [3.8, 4) is 6.07 Å². The number of piperidine rings is 1. The number of aliphatic hydroxyl groups is 1. The number of rotatable bonds is 8. The van der Waals surface area contributed by atoms with Gasteiger partial charge in [0.2, 0.25) is 0 Å². The quantitative estimate of drug-likeness (QED) is 0.329. The van der Waals surface area contributed by atoms with Crippen molar-refractivity contribution in [1.29, 1.82) is 5.26 Å². The van der Waals surface area contributed by atoms with Gasteiger partial charge in [0.25, 0.3) is 0 Å². The zero-order valence-electron chi connectivity index (χ0n) is 24.2. The Balaban J connectivity index is 0.00000181. The van der Waals surface area contributed by atoms with E-state index in [1.807, 2.05) is 40.7 Å². The zero-order valence-corrected chi connectivity index (χ0v) is 25.8. The van der Waals surface area contributed by atoms with E-state index < -0.39 is 5.60 Å². The standard InChI is InChI=1S/C28H35Cl2N7O.C2H6/c1-18(22-8-7-21(29)12-23(22)30)37-27-26(24(13-31)34-37)32-14-25(33-27)36-16-20(17-36)19-6-4-10-35(15-19)11-5-9-28(2,3)38;1-2/h7-8,12,14,18-20,38H,4-6,9-11,15-17H2,1-3H3;1-2H3. The molecular weight excluding hydrogens is 545 g/mol. The smallest absolute Gasteiger partial charge is 0.190 e. The van der Waals surface area contributed by atoms with Crippen LogP contribution in [0, 0.1) is 23.2 Å². The molecule has 10 heteroatoms. The third-order valence-electron chi connectivity index (χ3n) is 7.98. The molecule has 1 aromatic carbocycles. The summed E-state index contributed by atoms with van der Waals surface area (Å²) in [6.45, 7) is 15.0. The SMILES string of the molecule is CC.CC(c1ccc(Cl)cc1Cl)n1nc(C#N)c2ncc(N3CC(C4CCCN(CCCC(C)(C)O)C4)C3)nc21. The van der Waals surface area contributed by atoms with Crippen LogP contribution in [0.15, 0.2) is 24.4 Å². The number of nitrogens with zero attached hydrogens (tertiary/aromatic N) is 7. The van der Waals surface area contributed by atoms with E-state index in [1.165, 1.54) is 12.8 Å². The minimum Gasteiger partial charge on any atom is -0.390 e. The number of hydrogen-bond donors (Lipinski definition) is 1. The van der Waals surface area contributed by atoms with Gasteiger partial charge < -0.3 is 14.9 Å². The normalized spacial score (nSPS) is 19.1. The molecule has 0 radical (unpaired) electrons. The summed E-state index contributed by atoms with van der Waals surface area (Å²) >= 11 is 12.6. The van der Waals surface area contributed by atoms with Crippen LogP contribution in [0.25, 0.3) is 11.2 Å². The minimum atomic E-state index is -0.589. The molecule has 216 valence electrons. The highest BCUT2D eigenvalue weighted by atomic mass is 35.5. The first-order chi connectivity index (χ1) is 19.1. The number of halogens is 2. The topological polar surface area (TPSA) is 94.1 Å². The molecule has 2 aliphatic heterocycles. The fraction of sp³-hybridized carbons (Fsp3) is 0.600. The zero-order chi connectivity index (χ0) is 29.0. The van der Waals surface area contributed by atoms with Crippen LogP contribution in [-0.2, 0) is 0 Å². The highest BCUT2D eigenvalue weighted by molar-refractivity contribution is 6.35. The van der Waals surface area contributed by atoms with E-state index in [2.05, 4.69) is 26.0 Å². The molecule has 0 spiro atoms. The Bertz CT molecular complexity index is 1340. The molecule has 0 aliphatic carbocycles. The molecule has 2 fully saturated rings. The maximum absolute atomic E-state index is 10.0. The van der Waals surface area contributed by atoms with Crippen molar-refractivity contribution in [1.82, 2.24) is 24.6 Å². The predicted octanol–water partition coefficient (Wildman–Crippen LogP) is 6.34. The summed E-state index contributed by atoms with van der Waals surface area (Å²) in [6.07, 6.45) is 6.12. The molecule has 2 aromatic heterocycles. The van der Waals surface area contributed by atoms with Crippen molar-refractivity contribution < 1.29 is 5.11 Å². The highest BCUT2D eigenvalue weighted by Crippen LogP contribution is 2.35. The van der Waals surface area contributed by atoms with Crippen molar-refractivity contribution in [3.05, 3.63) is 45.7 Å². The Morgan fingerprint density at radius 2 is 1.93 bits per heavy atom. The average molecular weight is 587 g/mol. The number of hydrogen-bond acceptors (Lipinski definition) is 7. The molecule has 40 heavy (non-hydrogen) atoms. The second kappa shape index (κ2) is 13.0. The van der Waals surface area contributed by atoms with E-state index >= 15 is 0 Å². The Labute approximate surface area is 247 Å². The summed E-state index contributed by atoms with van der Waals surface area (Å²) in [5.74, 6) is 2.13. The molecule has 2 atom stereocenters. The number of benzene rings is 1. The van der Waals surface area contributed by atoms with E-state index in [0.29, 0.717) is 33.0 Å². The summed E-state index contributed by atoms with van der Waals surface area (Å²) in [6, 6.07) is 7.30. The predicted molar refractivity (Wildman–Crippen MR) is 162 cm³/mol. The lowest BCUT2D eigenvalue weighted by Gasteiger charge is -2.47. The second-order valence-corrected chi connectivity index (χ2v) is 12.3. The lowest BCUT2D eigenvalue weighted by Crippen LogP contribution is -2.54. The number of nitriles is 1. The van der Waals surface area contributed by atoms with Crippen molar-refractivity contribution in [2.24, 2.45) is 11.8 Å². The third kappa shape index (κ3) is 6.88. The largest absolute Gasteiger partial charge is 0.390 e. The average Bonchev–Trinajstić information content (AvgIpc) is 3.26. The molecule has 2 aliphatic rings. The van der Waals surface area contributed by atoms with Crippen LogP contribution in [0.1, 0.15) is 77.6 Å². The number of aromatic nitrogens is 4. The van der Waals surface area contributed by atoms with Gasteiger partial charge in [-0.25, -0.2) is 14.6 Å². The van der Waals surface area contributed by atoms with Gasteiger partial charge >= 0.3 is 0 Å². The number of likely N-dealkylation sites (tertiary alicyclic amines) is 1. The van der Waals surface area contributed by atoms with E-state index in [9.17, 15) is 10.4 Å². The fourth-order valence-electron chi connectivity index (χ4n) is 5.78. The number of fused-ring (bicyclic) bond motifs is 1. The lowest BCUT2D eigenvalue weighted by atomic mass is 9.80. The summed E-state index contributed by atoms with van der Waals surface area (Å²) in [5, 5.41) is 25.3. The van der Waals surface area contributed by atoms with Gasteiger partial charge in [0, 0.05) is 29.7 Å². The molecule has 8 nitrogen and oxygen atoms in total. The van der Waals surface area contributed by atoms with Gasteiger partial charge in [-0.15, -0.1) is 0 Å². The van der Waals surface area contributed by atoms with Gasteiger partial charge in [-0.2, -0.15) is 10.4 Å². The molecule has 1 N–H and O–H groups in total.